The van der Waals surface area contributed by atoms with Crippen molar-refractivity contribution in [3.8, 4) is 5.75 Å². The van der Waals surface area contributed by atoms with Gasteiger partial charge in [0.05, 0.1) is 18.0 Å². The summed E-state index contributed by atoms with van der Waals surface area (Å²) in [4.78, 5) is 12.7. The van der Waals surface area contributed by atoms with Crippen LogP contribution < -0.4 is 10.1 Å². The monoisotopic (exact) mass is 418 g/mol. The number of anilines is 1. The molecule has 0 aliphatic heterocycles. The van der Waals surface area contributed by atoms with Crippen LogP contribution in [-0.2, 0) is 27.7 Å². The molecule has 0 radical (unpaired) electrons. The molecule has 1 amide bonds. The fraction of sp³-hybridized carbons (Fsp3) is 0.409. The lowest BCUT2D eigenvalue weighted by molar-refractivity contribution is -0.116. The van der Waals surface area contributed by atoms with Crippen LogP contribution in [0, 0.1) is 6.92 Å². The minimum Gasteiger partial charge on any atom is -0.494 e. The number of carbonyl (C=O) groups excluding carboxylic acids is 1. The third-order valence-corrected chi connectivity index (χ3v) is 6.58. The molecule has 0 aromatic heterocycles. The number of nitrogens with zero attached hydrogens (tertiary/aromatic N) is 1. The maximum absolute atomic E-state index is 12.9. The van der Waals surface area contributed by atoms with Crippen molar-refractivity contribution < 1.29 is 17.9 Å². The highest BCUT2D eigenvalue weighted by Gasteiger charge is 2.24. The molecule has 2 rings (SSSR count). The van der Waals surface area contributed by atoms with Gasteiger partial charge in [0.2, 0.25) is 15.9 Å². The number of para-hydroxylation sites is 1. The smallest absolute Gasteiger partial charge is 0.243 e. The summed E-state index contributed by atoms with van der Waals surface area (Å²) in [7, 11) is -2.39. The molecule has 29 heavy (non-hydrogen) atoms. The fourth-order valence-corrected chi connectivity index (χ4v) is 4.36. The summed E-state index contributed by atoms with van der Waals surface area (Å²) in [6, 6.07) is 10.6. The number of nitrogens with one attached hydrogen (secondary N) is 1. The molecule has 158 valence electrons. The van der Waals surface area contributed by atoms with E-state index >= 15 is 0 Å². The number of carbonyl (C=O) groups is 1. The zero-order valence-corrected chi connectivity index (χ0v) is 18.6. The number of sulfonamides is 1. The third-order valence-electron chi connectivity index (χ3n) is 4.78. The Bertz CT molecular complexity index is 949. The van der Waals surface area contributed by atoms with E-state index in [4.69, 9.17) is 4.74 Å². The lowest BCUT2D eigenvalue weighted by Gasteiger charge is -2.19. The number of aryl methyl sites for hydroxylation is 3. The molecular formula is C22H30N2O4S. The van der Waals surface area contributed by atoms with Gasteiger partial charge in [0.25, 0.3) is 0 Å². The molecule has 0 saturated carbocycles. The van der Waals surface area contributed by atoms with Crippen molar-refractivity contribution >= 4 is 21.6 Å². The molecule has 6 nitrogen and oxygen atoms in total. The summed E-state index contributed by atoms with van der Waals surface area (Å²) in [6.45, 7) is 7.95. The van der Waals surface area contributed by atoms with E-state index < -0.39 is 10.0 Å². The number of benzene rings is 2. The SMILES string of the molecule is CCOc1ccc(S(=O)(=O)N(C)CC(=O)Nc2c(CC)cccc2CC)cc1C. The summed E-state index contributed by atoms with van der Waals surface area (Å²) in [5.74, 6) is 0.282. The minimum atomic E-state index is -3.79. The van der Waals surface area contributed by atoms with Gasteiger partial charge in [-0.3, -0.25) is 4.79 Å². The summed E-state index contributed by atoms with van der Waals surface area (Å²) >= 11 is 0. The highest BCUT2D eigenvalue weighted by atomic mass is 32.2. The molecule has 2 aromatic rings. The number of hydrogen-bond donors (Lipinski definition) is 1. The lowest BCUT2D eigenvalue weighted by atomic mass is 10.0. The van der Waals surface area contributed by atoms with Crippen LogP contribution in [0.25, 0.3) is 0 Å². The van der Waals surface area contributed by atoms with Crippen molar-refractivity contribution in [2.75, 3.05) is 25.5 Å². The summed E-state index contributed by atoms with van der Waals surface area (Å²) in [6.07, 6.45) is 1.56. The van der Waals surface area contributed by atoms with E-state index in [1.807, 2.05) is 39.0 Å². The van der Waals surface area contributed by atoms with Crippen LogP contribution in [0.5, 0.6) is 5.75 Å². The normalized spacial score (nSPS) is 11.5. The van der Waals surface area contributed by atoms with E-state index in [0.717, 1.165) is 39.5 Å². The number of hydrogen-bond acceptors (Lipinski definition) is 4. The second-order valence-corrected chi connectivity index (χ2v) is 8.87. The maximum atomic E-state index is 12.9. The third kappa shape index (κ3) is 5.36. The van der Waals surface area contributed by atoms with Crippen LogP contribution in [0.15, 0.2) is 41.3 Å². The van der Waals surface area contributed by atoms with Crippen molar-refractivity contribution in [1.82, 2.24) is 4.31 Å². The first-order chi connectivity index (χ1) is 13.7. The van der Waals surface area contributed by atoms with E-state index in [1.165, 1.54) is 13.1 Å². The number of amides is 1. The van der Waals surface area contributed by atoms with Gasteiger partial charge < -0.3 is 10.1 Å². The van der Waals surface area contributed by atoms with Gasteiger partial charge in [-0.05, 0) is 61.6 Å². The van der Waals surface area contributed by atoms with Gasteiger partial charge in [-0.1, -0.05) is 32.0 Å². The van der Waals surface area contributed by atoms with Crippen LogP contribution in [0.3, 0.4) is 0 Å². The number of rotatable bonds is 9. The molecule has 0 aliphatic carbocycles. The van der Waals surface area contributed by atoms with Crippen molar-refractivity contribution in [2.24, 2.45) is 0 Å². The molecule has 2 aromatic carbocycles. The van der Waals surface area contributed by atoms with E-state index in [1.54, 1.807) is 19.1 Å². The zero-order chi connectivity index (χ0) is 21.6. The molecule has 0 fully saturated rings. The van der Waals surface area contributed by atoms with Crippen molar-refractivity contribution in [1.29, 1.82) is 0 Å². The zero-order valence-electron chi connectivity index (χ0n) is 17.8. The highest BCUT2D eigenvalue weighted by molar-refractivity contribution is 7.89. The Morgan fingerprint density at radius 1 is 1.07 bits per heavy atom. The molecule has 0 spiro atoms. The number of likely N-dealkylation sites (N-methyl/N-ethyl adjacent to an activating group) is 1. The molecule has 0 aliphatic rings. The van der Waals surface area contributed by atoms with Crippen LogP contribution >= 0.6 is 0 Å². The second-order valence-electron chi connectivity index (χ2n) is 6.83. The molecule has 0 saturated heterocycles. The predicted octanol–water partition coefficient (Wildman–Crippen LogP) is 3.78. The van der Waals surface area contributed by atoms with Gasteiger partial charge in [-0.15, -0.1) is 0 Å². The van der Waals surface area contributed by atoms with Crippen LogP contribution in [0.2, 0.25) is 0 Å². The van der Waals surface area contributed by atoms with Crippen LogP contribution in [-0.4, -0.2) is 38.8 Å². The average Bonchev–Trinajstić information content (AvgIpc) is 2.69. The Balaban J connectivity index is 2.18. The van der Waals surface area contributed by atoms with Crippen LogP contribution in [0.1, 0.15) is 37.5 Å². The Hall–Kier alpha value is -2.38. The van der Waals surface area contributed by atoms with Gasteiger partial charge in [0.15, 0.2) is 0 Å². The number of ether oxygens (including phenoxy) is 1. The molecule has 1 N–H and O–H groups in total. The Morgan fingerprint density at radius 3 is 2.21 bits per heavy atom. The first-order valence-electron chi connectivity index (χ1n) is 9.84. The molecule has 0 atom stereocenters. The topological polar surface area (TPSA) is 75.7 Å². The van der Waals surface area contributed by atoms with Crippen molar-refractivity contribution in [3.05, 3.63) is 53.1 Å². The van der Waals surface area contributed by atoms with E-state index in [9.17, 15) is 13.2 Å². The molecular weight excluding hydrogens is 388 g/mol. The Labute approximate surface area is 173 Å². The quantitative estimate of drug-likeness (QED) is 0.672. The maximum Gasteiger partial charge on any atom is 0.243 e. The first-order valence-corrected chi connectivity index (χ1v) is 11.3. The Kier molecular flexibility index (Phi) is 7.81. The molecule has 7 heteroatoms. The van der Waals surface area contributed by atoms with E-state index in [2.05, 4.69) is 5.32 Å². The Morgan fingerprint density at radius 2 is 1.69 bits per heavy atom. The highest BCUT2D eigenvalue weighted by Crippen LogP contribution is 2.25. The summed E-state index contributed by atoms with van der Waals surface area (Å²) in [5.41, 5.74) is 3.58. The summed E-state index contributed by atoms with van der Waals surface area (Å²) in [5, 5.41) is 2.91. The molecule has 0 bridgehead atoms. The predicted molar refractivity (Wildman–Crippen MR) is 116 cm³/mol. The van der Waals surface area contributed by atoms with Gasteiger partial charge in [-0.2, -0.15) is 4.31 Å². The first kappa shape index (κ1) is 22.9. The van der Waals surface area contributed by atoms with Crippen molar-refractivity contribution in [2.45, 2.75) is 45.4 Å². The van der Waals surface area contributed by atoms with Gasteiger partial charge in [-0.25, -0.2) is 8.42 Å². The lowest BCUT2D eigenvalue weighted by Crippen LogP contribution is -2.35. The molecule has 0 unspecified atom stereocenters. The second kappa shape index (κ2) is 9.89. The standard InChI is InChI=1S/C22H30N2O4S/c1-6-17-10-9-11-18(7-2)22(17)23-21(25)15-24(5)29(26,27)19-12-13-20(28-8-3)16(4)14-19/h9-14H,6-8,15H2,1-5H3,(H,23,25). The van der Waals surface area contributed by atoms with Gasteiger partial charge >= 0.3 is 0 Å². The largest absolute Gasteiger partial charge is 0.494 e. The van der Waals surface area contributed by atoms with Gasteiger partial charge in [0.1, 0.15) is 5.75 Å². The molecule has 0 heterocycles. The van der Waals surface area contributed by atoms with Crippen LogP contribution in [0.4, 0.5) is 5.69 Å². The van der Waals surface area contributed by atoms with Crippen molar-refractivity contribution in [3.63, 3.8) is 0 Å². The van der Waals surface area contributed by atoms with Gasteiger partial charge in [0, 0.05) is 12.7 Å². The van der Waals surface area contributed by atoms with E-state index in [-0.39, 0.29) is 17.3 Å². The van der Waals surface area contributed by atoms with E-state index in [0.29, 0.717) is 12.4 Å². The summed E-state index contributed by atoms with van der Waals surface area (Å²) < 4.78 is 32.3. The minimum absolute atomic E-state index is 0.136. The average molecular weight is 419 g/mol. The fourth-order valence-electron chi connectivity index (χ4n) is 3.15.